The molecule has 84 valence electrons. The van der Waals surface area contributed by atoms with Crippen molar-refractivity contribution in [3.05, 3.63) is 23.9 Å². The van der Waals surface area contributed by atoms with Gasteiger partial charge in [0.05, 0.1) is 11.6 Å². The van der Waals surface area contributed by atoms with Crippen molar-refractivity contribution in [1.29, 1.82) is 5.26 Å². The van der Waals surface area contributed by atoms with Crippen LogP contribution in [-0.2, 0) is 0 Å². The lowest BCUT2D eigenvalue weighted by Crippen LogP contribution is -2.24. The molecule has 0 bridgehead atoms. The third-order valence-corrected chi connectivity index (χ3v) is 2.85. The van der Waals surface area contributed by atoms with Crippen LogP contribution in [0.2, 0.25) is 0 Å². The van der Waals surface area contributed by atoms with E-state index < -0.39 is 0 Å². The smallest absolute Gasteiger partial charge is 0.127 e. The van der Waals surface area contributed by atoms with Gasteiger partial charge in [-0.2, -0.15) is 5.26 Å². The van der Waals surface area contributed by atoms with E-state index >= 15 is 0 Å². The molecular formula is C12H16N4. The minimum atomic E-state index is 0.645. The molecule has 1 aromatic heterocycles. The van der Waals surface area contributed by atoms with Gasteiger partial charge in [0.2, 0.25) is 0 Å². The van der Waals surface area contributed by atoms with E-state index in [1.165, 1.54) is 12.8 Å². The molecule has 0 spiro atoms. The molecule has 4 heteroatoms. The van der Waals surface area contributed by atoms with Crippen LogP contribution in [-0.4, -0.2) is 24.1 Å². The van der Waals surface area contributed by atoms with E-state index in [2.05, 4.69) is 21.7 Å². The van der Waals surface area contributed by atoms with Crippen molar-refractivity contribution >= 4 is 5.82 Å². The minimum Gasteiger partial charge on any atom is -0.370 e. The molecule has 0 aliphatic carbocycles. The Morgan fingerprint density at radius 1 is 1.62 bits per heavy atom. The fraction of sp³-hybridized carbons (Fsp3) is 0.500. The third-order valence-electron chi connectivity index (χ3n) is 2.85. The summed E-state index contributed by atoms with van der Waals surface area (Å²) in [6.07, 6.45) is 5.33. The van der Waals surface area contributed by atoms with E-state index in [0.29, 0.717) is 11.6 Å². The summed E-state index contributed by atoms with van der Waals surface area (Å²) in [6, 6.07) is 6.24. The van der Waals surface area contributed by atoms with Crippen LogP contribution in [0.4, 0.5) is 5.82 Å². The van der Waals surface area contributed by atoms with Crippen molar-refractivity contribution in [3.8, 4) is 6.07 Å². The average Bonchev–Trinajstić information content (AvgIpc) is 2.82. The molecule has 0 amide bonds. The molecule has 0 aromatic carbocycles. The molecular weight excluding hydrogens is 200 g/mol. The maximum atomic E-state index is 8.74. The SMILES string of the molecule is N#Cc1ccnc(NCC[C@@H]2CCCN2)c1. The monoisotopic (exact) mass is 216 g/mol. The predicted molar refractivity (Wildman–Crippen MR) is 63.1 cm³/mol. The Morgan fingerprint density at radius 2 is 2.56 bits per heavy atom. The van der Waals surface area contributed by atoms with Crippen LogP contribution >= 0.6 is 0 Å². The van der Waals surface area contributed by atoms with Crippen LogP contribution in [0.25, 0.3) is 0 Å². The Labute approximate surface area is 95.7 Å². The summed E-state index contributed by atoms with van der Waals surface area (Å²) < 4.78 is 0. The topological polar surface area (TPSA) is 60.7 Å². The van der Waals surface area contributed by atoms with Crippen LogP contribution in [0, 0.1) is 11.3 Å². The fourth-order valence-electron chi connectivity index (χ4n) is 1.97. The highest BCUT2D eigenvalue weighted by Crippen LogP contribution is 2.10. The normalized spacial score (nSPS) is 19.3. The Hall–Kier alpha value is -1.60. The number of rotatable bonds is 4. The van der Waals surface area contributed by atoms with Crippen molar-refractivity contribution in [2.75, 3.05) is 18.4 Å². The summed E-state index contributed by atoms with van der Waals surface area (Å²) in [5, 5.41) is 15.4. The van der Waals surface area contributed by atoms with Gasteiger partial charge in [-0.15, -0.1) is 0 Å². The number of hydrogen-bond acceptors (Lipinski definition) is 4. The van der Waals surface area contributed by atoms with Gasteiger partial charge in [0, 0.05) is 18.8 Å². The number of hydrogen-bond donors (Lipinski definition) is 2. The zero-order chi connectivity index (χ0) is 11.2. The van der Waals surface area contributed by atoms with E-state index in [1.54, 1.807) is 18.3 Å². The van der Waals surface area contributed by atoms with E-state index in [1.807, 2.05) is 0 Å². The molecule has 16 heavy (non-hydrogen) atoms. The molecule has 0 radical (unpaired) electrons. The minimum absolute atomic E-state index is 0.645. The maximum absolute atomic E-state index is 8.74. The van der Waals surface area contributed by atoms with E-state index in [4.69, 9.17) is 5.26 Å². The van der Waals surface area contributed by atoms with Crippen LogP contribution in [0.1, 0.15) is 24.8 Å². The van der Waals surface area contributed by atoms with Gasteiger partial charge in [-0.05, 0) is 37.9 Å². The number of aromatic nitrogens is 1. The lowest BCUT2D eigenvalue weighted by molar-refractivity contribution is 0.574. The van der Waals surface area contributed by atoms with Gasteiger partial charge in [-0.3, -0.25) is 0 Å². The van der Waals surface area contributed by atoms with Crippen LogP contribution in [0.15, 0.2) is 18.3 Å². The van der Waals surface area contributed by atoms with Gasteiger partial charge in [0.25, 0.3) is 0 Å². The highest BCUT2D eigenvalue weighted by Gasteiger charge is 2.12. The first-order valence-electron chi connectivity index (χ1n) is 5.72. The van der Waals surface area contributed by atoms with Crippen LogP contribution in [0.3, 0.4) is 0 Å². The van der Waals surface area contributed by atoms with Crippen molar-refractivity contribution in [2.45, 2.75) is 25.3 Å². The zero-order valence-corrected chi connectivity index (χ0v) is 9.24. The van der Waals surface area contributed by atoms with Crippen LogP contribution < -0.4 is 10.6 Å². The molecule has 1 aliphatic rings. The summed E-state index contributed by atoms with van der Waals surface area (Å²) in [5.74, 6) is 0.789. The number of anilines is 1. The van der Waals surface area contributed by atoms with E-state index in [0.717, 1.165) is 25.3 Å². The second kappa shape index (κ2) is 5.47. The van der Waals surface area contributed by atoms with Gasteiger partial charge in [0.1, 0.15) is 5.82 Å². The third kappa shape index (κ3) is 2.94. The summed E-state index contributed by atoms with van der Waals surface area (Å²) in [7, 11) is 0. The number of pyridine rings is 1. The zero-order valence-electron chi connectivity index (χ0n) is 9.24. The number of nitrogens with one attached hydrogen (secondary N) is 2. The summed E-state index contributed by atoms with van der Waals surface area (Å²) in [6.45, 7) is 2.05. The Balaban J connectivity index is 1.78. The van der Waals surface area contributed by atoms with Gasteiger partial charge < -0.3 is 10.6 Å². The van der Waals surface area contributed by atoms with Crippen molar-refractivity contribution < 1.29 is 0 Å². The Bertz CT molecular complexity index is 377. The molecule has 4 nitrogen and oxygen atoms in total. The Morgan fingerprint density at radius 3 is 3.31 bits per heavy atom. The first-order valence-corrected chi connectivity index (χ1v) is 5.72. The summed E-state index contributed by atoms with van der Waals surface area (Å²) in [4.78, 5) is 4.17. The molecule has 2 N–H and O–H groups in total. The Kier molecular flexibility index (Phi) is 3.73. The maximum Gasteiger partial charge on any atom is 0.127 e. The van der Waals surface area contributed by atoms with E-state index in [-0.39, 0.29) is 0 Å². The summed E-state index contributed by atoms with van der Waals surface area (Å²) in [5.41, 5.74) is 0.650. The molecule has 2 heterocycles. The highest BCUT2D eigenvalue weighted by atomic mass is 15.0. The van der Waals surface area contributed by atoms with Gasteiger partial charge in [-0.1, -0.05) is 0 Å². The molecule has 1 fully saturated rings. The first-order chi connectivity index (χ1) is 7.88. The number of nitriles is 1. The lowest BCUT2D eigenvalue weighted by Gasteiger charge is -2.10. The van der Waals surface area contributed by atoms with Gasteiger partial charge >= 0.3 is 0 Å². The van der Waals surface area contributed by atoms with Gasteiger partial charge in [-0.25, -0.2) is 4.98 Å². The molecule has 0 saturated carbocycles. The highest BCUT2D eigenvalue weighted by molar-refractivity contribution is 5.42. The van der Waals surface area contributed by atoms with Gasteiger partial charge in [0.15, 0.2) is 0 Å². The molecule has 1 saturated heterocycles. The van der Waals surface area contributed by atoms with Crippen molar-refractivity contribution in [1.82, 2.24) is 10.3 Å². The standard InChI is InChI=1S/C12H16N4/c13-9-10-3-6-15-12(8-10)16-7-4-11-2-1-5-14-11/h3,6,8,11,14H,1-2,4-5,7H2,(H,15,16)/t11-/m0/s1. The van der Waals surface area contributed by atoms with Crippen molar-refractivity contribution in [3.63, 3.8) is 0 Å². The molecule has 1 atom stereocenters. The lowest BCUT2D eigenvalue weighted by atomic mass is 10.1. The predicted octanol–water partition coefficient (Wildman–Crippen LogP) is 1.51. The number of nitrogens with zero attached hydrogens (tertiary/aromatic N) is 2. The molecule has 1 aliphatic heterocycles. The largest absolute Gasteiger partial charge is 0.370 e. The molecule has 2 rings (SSSR count). The second-order valence-electron chi connectivity index (χ2n) is 4.05. The molecule has 0 unspecified atom stereocenters. The second-order valence-corrected chi connectivity index (χ2v) is 4.05. The average molecular weight is 216 g/mol. The summed E-state index contributed by atoms with van der Waals surface area (Å²) >= 11 is 0. The van der Waals surface area contributed by atoms with E-state index in [9.17, 15) is 0 Å². The molecule has 1 aromatic rings. The van der Waals surface area contributed by atoms with Crippen molar-refractivity contribution in [2.24, 2.45) is 0 Å². The first kappa shape index (κ1) is 10.9. The van der Waals surface area contributed by atoms with Crippen LogP contribution in [0.5, 0.6) is 0 Å². The quantitative estimate of drug-likeness (QED) is 0.801. The fourth-order valence-corrected chi connectivity index (χ4v) is 1.97.